The molecule has 1 amide bonds. The Morgan fingerprint density at radius 1 is 1.08 bits per heavy atom. The second-order valence-electron chi connectivity index (χ2n) is 6.93. The van der Waals surface area contributed by atoms with Gasteiger partial charge in [0.05, 0.1) is 5.70 Å². The first-order chi connectivity index (χ1) is 12.2. The van der Waals surface area contributed by atoms with Gasteiger partial charge in [0.1, 0.15) is 12.4 Å². The van der Waals surface area contributed by atoms with Gasteiger partial charge in [0.2, 0.25) is 0 Å². The van der Waals surface area contributed by atoms with Gasteiger partial charge in [-0.15, -0.1) is 0 Å². The van der Waals surface area contributed by atoms with Crippen LogP contribution in [0.5, 0.6) is 0 Å². The lowest BCUT2D eigenvalue weighted by atomic mass is 9.94. The molecule has 4 heteroatoms. The van der Waals surface area contributed by atoms with Gasteiger partial charge in [0.25, 0.3) is 0 Å². The van der Waals surface area contributed by atoms with E-state index in [0.29, 0.717) is 6.54 Å². The second-order valence-corrected chi connectivity index (χ2v) is 6.93. The molecule has 0 atom stereocenters. The van der Waals surface area contributed by atoms with Gasteiger partial charge in [-0.2, -0.15) is 0 Å². The summed E-state index contributed by atoms with van der Waals surface area (Å²) in [6.07, 6.45) is 4.99. The minimum Gasteiger partial charge on any atom is -0.444 e. The maximum atomic E-state index is 13.2. The Morgan fingerprint density at radius 3 is 2.48 bits per heavy atom. The van der Waals surface area contributed by atoms with Crippen LogP contribution in [0.25, 0.3) is 5.70 Å². The van der Waals surface area contributed by atoms with Crippen LogP contribution in [0.1, 0.15) is 30.4 Å². The number of halogens is 1. The van der Waals surface area contributed by atoms with E-state index in [9.17, 15) is 9.18 Å². The summed E-state index contributed by atoms with van der Waals surface area (Å²) in [4.78, 5) is 14.4. The van der Waals surface area contributed by atoms with Gasteiger partial charge < -0.3 is 4.74 Å². The lowest BCUT2D eigenvalue weighted by Gasteiger charge is -2.33. The summed E-state index contributed by atoms with van der Waals surface area (Å²) in [6.45, 7) is 0.920. The molecule has 25 heavy (non-hydrogen) atoms. The van der Waals surface area contributed by atoms with Crippen molar-refractivity contribution in [1.82, 2.24) is 4.90 Å². The number of amides is 1. The van der Waals surface area contributed by atoms with E-state index in [0.717, 1.165) is 36.1 Å². The predicted molar refractivity (Wildman–Crippen MR) is 94.0 cm³/mol. The van der Waals surface area contributed by atoms with Crippen LogP contribution in [-0.4, -0.2) is 17.5 Å². The summed E-state index contributed by atoms with van der Waals surface area (Å²) in [7, 11) is 0. The Morgan fingerprint density at radius 2 is 1.80 bits per heavy atom. The summed E-state index contributed by atoms with van der Waals surface area (Å²) in [5.41, 5.74) is 2.83. The molecule has 128 valence electrons. The van der Waals surface area contributed by atoms with Crippen molar-refractivity contribution < 1.29 is 13.9 Å². The van der Waals surface area contributed by atoms with E-state index in [-0.39, 0.29) is 23.9 Å². The van der Waals surface area contributed by atoms with Crippen LogP contribution in [0.3, 0.4) is 0 Å². The molecule has 3 nitrogen and oxygen atoms in total. The number of rotatable bonds is 3. The van der Waals surface area contributed by atoms with Gasteiger partial charge in [-0.25, -0.2) is 9.18 Å². The molecule has 1 fully saturated rings. The minimum absolute atomic E-state index is 0.218. The molecule has 0 aromatic heterocycles. The molecule has 0 bridgehead atoms. The van der Waals surface area contributed by atoms with Crippen molar-refractivity contribution in [2.45, 2.75) is 25.9 Å². The molecule has 0 unspecified atom stereocenters. The molecule has 0 N–H and O–H groups in total. The molecular weight excluding hydrogens is 317 g/mol. The Balaban J connectivity index is 1.53. The van der Waals surface area contributed by atoms with E-state index < -0.39 is 0 Å². The number of hydrogen-bond acceptors (Lipinski definition) is 2. The third-order valence-electron chi connectivity index (χ3n) is 5.04. The highest BCUT2D eigenvalue weighted by Crippen LogP contribution is 2.53. The normalized spacial score (nSPS) is 18.0. The lowest BCUT2D eigenvalue weighted by Crippen LogP contribution is -2.37. The van der Waals surface area contributed by atoms with E-state index in [2.05, 4.69) is 6.08 Å². The first-order valence-corrected chi connectivity index (χ1v) is 8.60. The van der Waals surface area contributed by atoms with Gasteiger partial charge in [0, 0.05) is 6.54 Å². The number of allylic oxidation sites excluding steroid dienone is 1. The summed E-state index contributed by atoms with van der Waals surface area (Å²) in [5, 5.41) is 0. The Kier molecular flexibility index (Phi) is 4.04. The van der Waals surface area contributed by atoms with E-state index in [1.165, 1.54) is 12.1 Å². The highest BCUT2D eigenvalue weighted by molar-refractivity contribution is 5.83. The van der Waals surface area contributed by atoms with Crippen molar-refractivity contribution in [1.29, 1.82) is 0 Å². The SMILES string of the molecule is O=C(OCc1ccccc1)N1CC2(CC=C1c1ccc(F)cc1)CC2. The van der Waals surface area contributed by atoms with E-state index in [4.69, 9.17) is 4.74 Å². The molecule has 2 aromatic carbocycles. The maximum Gasteiger partial charge on any atom is 0.414 e. The zero-order valence-electron chi connectivity index (χ0n) is 14.0. The Hall–Kier alpha value is -2.62. The minimum atomic E-state index is -0.342. The standard InChI is InChI=1S/C21H20FNO2/c22-18-8-6-17(7-9-18)19-10-11-21(12-13-21)15-23(19)20(24)25-14-16-4-2-1-3-5-16/h1-10H,11-15H2. The fraction of sp³-hybridized carbons (Fsp3) is 0.286. The summed E-state index contributed by atoms with van der Waals surface area (Å²) < 4.78 is 18.8. The van der Waals surface area contributed by atoms with Crippen LogP contribution in [-0.2, 0) is 11.3 Å². The van der Waals surface area contributed by atoms with Crippen LogP contribution in [0.15, 0.2) is 60.7 Å². The second kappa shape index (κ2) is 6.36. The largest absolute Gasteiger partial charge is 0.444 e. The lowest BCUT2D eigenvalue weighted by molar-refractivity contribution is 0.106. The van der Waals surface area contributed by atoms with Crippen molar-refractivity contribution in [3.63, 3.8) is 0 Å². The molecule has 0 saturated heterocycles. The molecular formula is C21H20FNO2. The van der Waals surface area contributed by atoms with Crippen molar-refractivity contribution >= 4 is 11.8 Å². The van der Waals surface area contributed by atoms with Gasteiger partial charge >= 0.3 is 6.09 Å². The number of carbonyl (C=O) groups is 1. The van der Waals surface area contributed by atoms with Crippen LogP contribution >= 0.6 is 0 Å². The topological polar surface area (TPSA) is 29.5 Å². The molecule has 0 radical (unpaired) electrons. The van der Waals surface area contributed by atoms with Gasteiger partial charge in [0.15, 0.2) is 0 Å². The zero-order valence-corrected chi connectivity index (χ0v) is 14.0. The number of ether oxygens (including phenoxy) is 1. The van der Waals surface area contributed by atoms with Gasteiger partial charge in [-0.1, -0.05) is 36.4 Å². The van der Waals surface area contributed by atoms with Crippen molar-refractivity contribution in [3.8, 4) is 0 Å². The Bertz CT molecular complexity index is 794. The number of hydrogen-bond donors (Lipinski definition) is 0. The van der Waals surface area contributed by atoms with Crippen molar-refractivity contribution in [2.75, 3.05) is 6.54 Å². The quantitative estimate of drug-likeness (QED) is 0.790. The zero-order chi connectivity index (χ0) is 17.3. The number of carbonyl (C=O) groups excluding carboxylic acids is 1. The first kappa shape index (κ1) is 15.9. The summed E-state index contributed by atoms with van der Waals surface area (Å²) in [6, 6.07) is 15.9. The number of benzene rings is 2. The van der Waals surface area contributed by atoms with Crippen LogP contribution in [0.2, 0.25) is 0 Å². The molecule has 4 rings (SSSR count). The van der Waals surface area contributed by atoms with Crippen LogP contribution in [0, 0.1) is 11.2 Å². The predicted octanol–water partition coefficient (Wildman–Crippen LogP) is 4.99. The van der Waals surface area contributed by atoms with Crippen molar-refractivity contribution in [2.24, 2.45) is 5.41 Å². The number of nitrogens with zero attached hydrogens (tertiary/aromatic N) is 1. The maximum absolute atomic E-state index is 13.2. The highest BCUT2D eigenvalue weighted by atomic mass is 19.1. The van der Waals surface area contributed by atoms with Crippen molar-refractivity contribution in [3.05, 3.63) is 77.6 Å². The molecule has 1 aliphatic carbocycles. The molecule has 2 aliphatic rings. The third-order valence-corrected chi connectivity index (χ3v) is 5.04. The first-order valence-electron chi connectivity index (χ1n) is 8.60. The molecule has 1 aliphatic heterocycles. The fourth-order valence-corrected chi connectivity index (χ4v) is 3.30. The van der Waals surface area contributed by atoms with Crippen LogP contribution < -0.4 is 0 Å². The highest BCUT2D eigenvalue weighted by Gasteiger charge is 2.47. The van der Waals surface area contributed by atoms with E-state index >= 15 is 0 Å². The smallest absolute Gasteiger partial charge is 0.414 e. The molecule has 1 heterocycles. The van der Waals surface area contributed by atoms with E-state index in [1.807, 2.05) is 30.3 Å². The Labute approximate surface area is 146 Å². The molecule has 1 saturated carbocycles. The van der Waals surface area contributed by atoms with Gasteiger partial charge in [-0.05, 0) is 60.1 Å². The van der Waals surface area contributed by atoms with Crippen LogP contribution in [0.4, 0.5) is 9.18 Å². The average molecular weight is 337 g/mol. The van der Waals surface area contributed by atoms with E-state index in [1.54, 1.807) is 17.0 Å². The summed E-state index contributed by atoms with van der Waals surface area (Å²) >= 11 is 0. The monoisotopic (exact) mass is 337 g/mol. The van der Waals surface area contributed by atoms with Gasteiger partial charge in [-0.3, -0.25) is 4.90 Å². The fourth-order valence-electron chi connectivity index (χ4n) is 3.30. The molecule has 2 aromatic rings. The third kappa shape index (κ3) is 3.43. The summed E-state index contributed by atoms with van der Waals surface area (Å²) in [5.74, 6) is -0.281. The molecule has 1 spiro atoms. The average Bonchev–Trinajstić information content (AvgIpc) is 3.40.